The van der Waals surface area contributed by atoms with Gasteiger partial charge in [-0.3, -0.25) is 9.69 Å². The second-order valence-corrected chi connectivity index (χ2v) is 4.51. The Morgan fingerprint density at radius 1 is 1.50 bits per heavy atom. The minimum Gasteiger partial charge on any atom is -0.468 e. The lowest BCUT2D eigenvalue weighted by molar-refractivity contribution is -0.153. The molecular formula is C14H19NO3. The predicted molar refractivity (Wildman–Crippen MR) is 68.2 cm³/mol. The van der Waals surface area contributed by atoms with Crippen LogP contribution in [0.5, 0.6) is 0 Å². The van der Waals surface area contributed by atoms with E-state index in [9.17, 15) is 4.79 Å². The Bertz CT molecular complexity index is 419. The minimum atomic E-state index is -0.289. The van der Waals surface area contributed by atoms with Crippen molar-refractivity contribution in [2.24, 2.45) is 0 Å². The standard InChI is InChI=1S/C14H19NO3/c1-11-5-3-4-6-12(11)9-15-7-8-18-10-13(15)14(16)17-2/h3-6,13H,7-10H2,1-2H3. The fourth-order valence-electron chi connectivity index (χ4n) is 2.19. The molecule has 0 saturated carbocycles. The van der Waals surface area contributed by atoms with Crippen molar-refractivity contribution in [3.63, 3.8) is 0 Å². The molecule has 2 rings (SSSR count). The number of rotatable bonds is 3. The van der Waals surface area contributed by atoms with Crippen molar-refractivity contribution < 1.29 is 14.3 Å². The Morgan fingerprint density at radius 2 is 2.28 bits per heavy atom. The molecule has 1 saturated heterocycles. The topological polar surface area (TPSA) is 38.8 Å². The summed E-state index contributed by atoms with van der Waals surface area (Å²) in [7, 11) is 1.42. The van der Waals surface area contributed by atoms with Crippen LogP contribution >= 0.6 is 0 Å². The maximum Gasteiger partial charge on any atom is 0.325 e. The Hall–Kier alpha value is -1.39. The summed E-state index contributed by atoms with van der Waals surface area (Å²) in [5.74, 6) is -0.219. The van der Waals surface area contributed by atoms with E-state index in [2.05, 4.69) is 24.0 Å². The van der Waals surface area contributed by atoms with Crippen molar-refractivity contribution in [2.45, 2.75) is 19.5 Å². The van der Waals surface area contributed by atoms with Crippen LogP contribution in [0.2, 0.25) is 0 Å². The number of benzene rings is 1. The molecule has 0 aliphatic carbocycles. The zero-order chi connectivity index (χ0) is 13.0. The summed E-state index contributed by atoms with van der Waals surface area (Å²) >= 11 is 0. The highest BCUT2D eigenvalue weighted by Crippen LogP contribution is 2.16. The molecule has 1 aliphatic heterocycles. The Kier molecular flexibility index (Phi) is 4.33. The Labute approximate surface area is 107 Å². The van der Waals surface area contributed by atoms with Crippen LogP contribution < -0.4 is 0 Å². The summed E-state index contributed by atoms with van der Waals surface area (Å²) < 4.78 is 10.2. The molecule has 1 aliphatic rings. The van der Waals surface area contributed by atoms with Gasteiger partial charge in [-0.1, -0.05) is 24.3 Å². The number of morpholine rings is 1. The third kappa shape index (κ3) is 2.89. The molecule has 1 unspecified atom stereocenters. The first-order valence-electron chi connectivity index (χ1n) is 6.16. The summed E-state index contributed by atoms with van der Waals surface area (Å²) in [5.41, 5.74) is 2.49. The molecular weight excluding hydrogens is 230 g/mol. The third-order valence-electron chi connectivity index (χ3n) is 3.35. The van der Waals surface area contributed by atoms with E-state index >= 15 is 0 Å². The van der Waals surface area contributed by atoms with E-state index < -0.39 is 0 Å². The van der Waals surface area contributed by atoms with E-state index in [0.717, 1.165) is 13.1 Å². The highest BCUT2D eigenvalue weighted by molar-refractivity contribution is 5.75. The second-order valence-electron chi connectivity index (χ2n) is 4.51. The number of carbonyl (C=O) groups excluding carboxylic acids is 1. The zero-order valence-corrected chi connectivity index (χ0v) is 10.9. The molecule has 0 N–H and O–H groups in total. The largest absolute Gasteiger partial charge is 0.468 e. The van der Waals surface area contributed by atoms with Gasteiger partial charge in [0.15, 0.2) is 0 Å². The van der Waals surface area contributed by atoms with Crippen LogP contribution in [0.25, 0.3) is 0 Å². The van der Waals surface area contributed by atoms with Gasteiger partial charge in [0.2, 0.25) is 0 Å². The predicted octanol–water partition coefficient (Wildman–Crippen LogP) is 1.37. The van der Waals surface area contributed by atoms with Gasteiger partial charge in [-0.05, 0) is 18.1 Å². The van der Waals surface area contributed by atoms with Crippen LogP contribution in [0.1, 0.15) is 11.1 Å². The molecule has 4 nitrogen and oxygen atoms in total. The fourth-order valence-corrected chi connectivity index (χ4v) is 2.19. The first kappa shape index (κ1) is 13.1. The molecule has 1 aromatic rings. The number of hydrogen-bond donors (Lipinski definition) is 0. The molecule has 0 spiro atoms. The van der Waals surface area contributed by atoms with Crippen LogP contribution in [-0.4, -0.2) is 43.8 Å². The van der Waals surface area contributed by atoms with E-state index in [4.69, 9.17) is 9.47 Å². The monoisotopic (exact) mass is 249 g/mol. The molecule has 18 heavy (non-hydrogen) atoms. The third-order valence-corrected chi connectivity index (χ3v) is 3.35. The summed E-state index contributed by atoms with van der Waals surface area (Å²) in [5, 5.41) is 0. The number of carbonyl (C=O) groups is 1. The van der Waals surface area contributed by atoms with Crippen molar-refractivity contribution in [1.29, 1.82) is 0 Å². The van der Waals surface area contributed by atoms with Gasteiger partial charge in [0.05, 0.1) is 20.3 Å². The van der Waals surface area contributed by atoms with Crippen LogP contribution in [0.3, 0.4) is 0 Å². The first-order valence-corrected chi connectivity index (χ1v) is 6.16. The number of methoxy groups -OCH3 is 1. The van der Waals surface area contributed by atoms with Crippen molar-refractivity contribution in [2.75, 3.05) is 26.9 Å². The van der Waals surface area contributed by atoms with Gasteiger partial charge >= 0.3 is 5.97 Å². The molecule has 0 aromatic heterocycles. The number of ether oxygens (including phenoxy) is 2. The fraction of sp³-hybridized carbons (Fsp3) is 0.500. The minimum absolute atomic E-state index is 0.219. The molecule has 1 aromatic carbocycles. The van der Waals surface area contributed by atoms with Crippen LogP contribution in [-0.2, 0) is 20.8 Å². The second kappa shape index (κ2) is 5.98. The van der Waals surface area contributed by atoms with E-state index in [-0.39, 0.29) is 12.0 Å². The smallest absolute Gasteiger partial charge is 0.325 e. The molecule has 0 radical (unpaired) electrons. The van der Waals surface area contributed by atoms with Crippen molar-refractivity contribution in [3.05, 3.63) is 35.4 Å². The average molecular weight is 249 g/mol. The maximum absolute atomic E-state index is 11.7. The quantitative estimate of drug-likeness (QED) is 0.758. The lowest BCUT2D eigenvalue weighted by Crippen LogP contribution is -2.49. The van der Waals surface area contributed by atoms with Gasteiger partial charge in [-0.2, -0.15) is 0 Å². The van der Waals surface area contributed by atoms with Gasteiger partial charge in [0.1, 0.15) is 6.04 Å². The Morgan fingerprint density at radius 3 is 3.00 bits per heavy atom. The van der Waals surface area contributed by atoms with Crippen molar-refractivity contribution >= 4 is 5.97 Å². The highest BCUT2D eigenvalue weighted by Gasteiger charge is 2.30. The maximum atomic E-state index is 11.7. The summed E-state index contributed by atoms with van der Waals surface area (Å²) in [6.45, 7) is 4.69. The number of hydrogen-bond acceptors (Lipinski definition) is 4. The summed E-state index contributed by atoms with van der Waals surface area (Å²) in [6.07, 6.45) is 0. The summed E-state index contributed by atoms with van der Waals surface area (Å²) in [4.78, 5) is 13.8. The molecule has 4 heteroatoms. The van der Waals surface area contributed by atoms with Gasteiger partial charge < -0.3 is 9.47 Å². The van der Waals surface area contributed by atoms with E-state index in [1.807, 2.05) is 12.1 Å². The summed E-state index contributed by atoms with van der Waals surface area (Å²) in [6, 6.07) is 7.94. The Balaban J connectivity index is 2.10. The number of esters is 1. The van der Waals surface area contributed by atoms with E-state index in [1.165, 1.54) is 18.2 Å². The average Bonchev–Trinajstić information content (AvgIpc) is 2.41. The molecule has 1 heterocycles. The van der Waals surface area contributed by atoms with Crippen LogP contribution in [0.15, 0.2) is 24.3 Å². The van der Waals surface area contributed by atoms with Gasteiger partial charge in [0, 0.05) is 13.1 Å². The van der Waals surface area contributed by atoms with Crippen molar-refractivity contribution in [1.82, 2.24) is 4.90 Å². The molecule has 1 atom stereocenters. The molecule has 98 valence electrons. The van der Waals surface area contributed by atoms with Gasteiger partial charge in [-0.15, -0.1) is 0 Å². The van der Waals surface area contributed by atoms with Gasteiger partial charge in [0.25, 0.3) is 0 Å². The number of aryl methyl sites for hydroxylation is 1. The highest BCUT2D eigenvalue weighted by atomic mass is 16.5. The van der Waals surface area contributed by atoms with Crippen LogP contribution in [0, 0.1) is 6.92 Å². The van der Waals surface area contributed by atoms with Gasteiger partial charge in [-0.25, -0.2) is 0 Å². The SMILES string of the molecule is COC(=O)C1COCCN1Cc1ccccc1C. The lowest BCUT2D eigenvalue weighted by atomic mass is 10.1. The first-order chi connectivity index (χ1) is 8.72. The normalized spacial score (nSPS) is 20.7. The zero-order valence-electron chi connectivity index (χ0n) is 10.9. The molecule has 1 fully saturated rings. The van der Waals surface area contributed by atoms with Crippen molar-refractivity contribution in [3.8, 4) is 0 Å². The van der Waals surface area contributed by atoms with Crippen LogP contribution in [0.4, 0.5) is 0 Å². The molecule has 0 bridgehead atoms. The molecule has 0 amide bonds. The number of nitrogens with zero attached hydrogens (tertiary/aromatic N) is 1. The van der Waals surface area contributed by atoms with E-state index in [0.29, 0.717) is 13.2 Å². The van der Waals surface area contributed by atoms with E-state index in [1.54, 1.807) is 0 Å². The lowest BCUT2D eigenvalue weighted by Gasteiger charge is -2.33.